The van der Waals surface area contributed by atoms with Crippen molar-refractivity contribution in [2.75, 3.05) is 11.9 Å². The van der Waals surface area contributed by atoms with E-state index in [2.05, 4.69) is 46.7 Å². The minimum atomic E-state index is 0.886. The van der Waals surface area contributed by atoms with Gasteiger partial charge < -0.3 is 10.3 Å². The summed E-state index contributed by atoms with van der Waals surface area (Å²) in [5.74, 6) is 1.12. The van der Waals surface area contributed by atoms with Gasteiger partial charge >= 0.3 is 0 Å². The highest BCUT2D eigenvalue weighted by molar-refractivity contribution is 5.89. The number of rotatable bonds is 1. The molecular weight excluding hydrogens is 184 g/mol. The molecule has 74 valence electrons. The quantitative estimate of drug-likeness (QED) is 0.721. The number of benzene rings is 1. The zero-order valence-electron chi connectivity index (χ0n) is 8.33. The lowest BCUT2D eigenvalue weighted by atomic mass is 10.0. The summed E-state index contributed by atoms with van der Waals surface area (Å²) >= 11 is 0. The number of hydrogen-bond acceptors (Lipinski definition) is 1. The van der Waals surface area contributed by atoms with Crippen molar-refractivity contribution in [1.82, 2.24) is 4.98 Å². The minimum Gasteiger partial charge on any atom is -0.367 e. The lowest BCUT2D eigenvalue weighted by molar-refractivity contribution is 1.26. The van der Waals surface area contributed by atoms with Crippen LogP contribution < -0.4 is 5.32 Å². The van der Waals surface area contributed by atoms with Crippen LogP contribution in [0.4, 0.5) is 5.82 Å². The first-order chi connectivity index (χ1) is 7.43. The number of aromatic nitrogens is 1. The molecule has 0 saturated carbocycles. The van der Waals surface area contributed by atoms with Crippen LogP contribution in [-0.4, -0.2) is 11.5 Å². The Bertz CT molecular complexity index is 494. The van der Waals surface area contributed by atoms with Crippen LogP contribution in [0.2, 0.25) is 0 Å². The number of aromatic amines is 1. The second-order valence-electron chi connectivity index (χ2n) is 3.70. The zero-order valence-corrected chi connectivity index (χ0v) is 8.33. The fraction of sp³-hybridized carbons (Fsp3) is 0.0769. The van der Waals surface area contributed by atoms with Crippen LogP contribution in [0.25, 0.3) is 11.6 Å². The Morgan fingerprint density at radius 3 is 2.73 bits per heavy atom. The molecule has 2 N–H and O–H groups in total. The average Bonchev–Trinajstić information content (AvgIpc) is 2.77. The summed E-state index contributed by atoms with van der Waals surface area (Å²) in [4.78, 5) is 3.17. The third-order valence-electron chi connectivity index (χ3n) is 2.71. The molecule has 2 heterocycles. The molecule has 1 aliphatic rings. The SMILES string of the molecule is C1=C(c2ccccc2)CNc2[nH]ccc21. The van der Waals surface area contributed by atoms with Crippen LogP contribution in [0.3, 0.4) is 0 Å². The lowest BCUT2D eigenvalue weighted by Gasteiger charge is -2.15. The number of nitrogens with one attached hydrogen (secondary N) is 2. The second kappa shape index (κ2) is 3.31. The Balaban J connectivity index is 2.04. The van der Waals surface area contributed by atoms with Crippen LogP contribution in [0, 0.1) is 0 Å². The molecule has 1 aliphatic heterocycles. The van der Waals surface area contributed by atoms with E-state index in [4.69, 9.17) is 0 Å². The Labute approximate surface area is 88.6 Å². The molecule has 15 heavy (non-hydrogen) atoms. The summed E-state index contributed by atoms with van der Waals surface area (Å²) in [5.41, 5.74) is 3.86. The number of anilines is 1. The highest BCUT2D eigenvalue weighted by atomic mass is 15.0. The lowest BCUT2D eigenvalue weighted by Crippen LogP contribution is -2.09. The smallest absolute Gasteiger partial charge is 0.110 e. The molecule has 2 nitrogen and oxygen atoms in total. The summed E-state index contributed by atoms with van der Waals surface area (Å²) in [6.07, 6.45) is 4.19. The van der Waals surface area contributed by atoms with Gasteiger partial charge in [0.1, 0.15) is 5.82 Å². The predicted molar refractivity (Wildman–Crippen MR) is 63.6 cm³/mol. The fourth-order valence-corrected chi connectivity index (χ4v) is 1.91. The summed E-state index contributed by atoms with van der Waals surface area (Å²) in [7, 11) is 0. The van der Waals surface area contributed by atoms with E-state index in [-0.39, 0.29) is 0 Å². The number of fused-ring (bicyclic) bond motifs is 1. The highest BCUT2D eigenvalue weighted by Gasteiger charge is 2.10. The van der Waals surface area contributed by atoms with Crippen molar-refractivity contribution in [3.8, 4) is 0 Å². The predicted octanol–water partition coefficient (Wildman–Crippen LogP) is 2.98. The number of hydrogen-bond donors (Lipinski definition) is 2. The van der Waals surface area contributed by atoms with Crippen LogP contribution in [0.15, 0.2) is 42.6 Å². The van der Waals surface area contributed by atoms with E-state index < -0.39 is 0 Å². The van der Waals surface area contributed by atoms with Gasteiger partial charge in [-0.1, -0.05) is 30.3 Å². The van der Waals surface area contributed by atoms with Crippen molar-refractivity contribution in [2.45, 2.75) is 0 Å². The molecule has 0 fully saturated rings. The van der Waals surface area contributed by atoms with E-state index in [1.54, 1.807) is 0 Å². The van der Waals surface area contributed by atoms with Crippen molar-refractivity contribution >= 4 is 17.5 Å². The van der Waals surface area contributed by atoms with Crippen molar-refractivity contribution < 1.29 is 0 Å². The Hall–Kier alpha value is -1.96. The topological polar surface area (TPSA) is 27.8 Å². The highest BCUT2D eigenvalue weighted by Crippen LogP contribution is 2.26. The van der Waals surface area contributed by atoms with E-state index >= 15 is 0 Å². The molecule has 3 rings (SSSR count). The van der Waals surface area contributed by atoms with Gasteiger partial charge in [0.05, 0.1) is 0 Å². The van der Waals surface area contributed by atoms with Crippen LogP contribution in [0.1, 0.15) is 11.1 Å². The molecule has 0 unspecified atom stereocenters. The Kier molecular flexibility index (Phi) is 1.85. The normalized spacial score (nSPS) is 14.0. The standard InChI is InChI=1S/C13H12N2/c1-2-4-10(5-3-1)12-8-11-6-7-14-13(11)15-9-12/h1-8,14-15H,9H2. The second-order valence-corrected chi connectivity index (χ2v) is 3.70. The van der Waals surface area contributed by atoms with Gasteiger partial charge in [0.15, 0.2) is 0 Å². The van der Waals surface area contributed by atoms with E-state index in [0.717, 1.165) is 12.4 Å². The van der Waals surface area contributed by atoms with E-state index in [1.807, 2.05) is 12.3 Å². The van der Waals surface area contributed by atoms with Gasteiger partial charge in [0.2, 0.25) is 0 Å². The third kappa shape index (κ3) is 1.44. The van der Waals surface area contributed by atoms with Gasteiger partial charge in [-0.3, -0.25) is 0 Å². The fourth-order valence-electron chi connectivity index (χ4n) is 1.91. The largest absolute Gasteiger partial charge is 0.367 e. The van der Waals surface area contributed by atoms with E-state index in [1.165, 1.54) is 16.7 Å². The molecule has 0 amide bonds. The van der Waals surface area contributed by atoms with Crippen molar-refractivity contribution in [1.29, 1.82) is 0 Å². The molecule has 2 heteroatoms. The van der Waals surface area contributed by atoms with Gasteiger partial charge in [0.25, 0.3) is 0 Å². The van der Waals surface area contributed by atoms with E-state index in [0.29, 0.717) is 0 Å². The Morgan fingerprint density at radius 1 is 1.00 bits per heavy atom. The molecule has 0 atom stereocenters. The van der Waals surface area contributed by atoms with Crippen molar-refractivity contribution in [3.05, 3.63) is 53.7 Å². The zero-order chi connectivity index (χ0) is 10.1. The van der Waals surface area contributed by atoms with Crippen LogP contribution in [0.5, 0.6) is 0 Å². The number of H-pyrrole nitrogens is 1. The first kappa shape index (κ1) is 8.36. The third-order valence-corrected chi connectivity index (χ3v) is 2.71. The monoisotopic (exact) mass is 196 g/mol. The molecule has 1 aromatic heterocycles. The molecule has 0 aliphatic carbocycles. The molecule has 2 aromatic rings. The van der Waals surface area contributed by atoms with Gasteiger partial charge in [-0.25, -0.2) is 0 Å². The maximum Gasteiger partial charge on any atom is 0.110 e. The molecule has 1 aromatic carbocycles. The minimum absolute atomic E-state index is 0.886. The molecule has 0 bridgehead atoms. The maximum atomic E-state index is 3.37. The van der Waals surface area contributed by atoms with Crippen molar-refractivity contribution in [2.24, 2.45) is 0 Å². The molecular formula is C13H12N2. The molecule has 0 spiro atoms. The van der Waals surface area contributed by atoms with Gasteiger partial charge in [-0.05, 0) is 23.3 Å². The molecule has 0 saturated heterocycles. The van der Waals surface area contributed by atoms with Crippen LogP contribution in [-0.2, 0) is 0 Å². The molecule has 0 radical (unpaired) electrons. The average molecular weight is 196 g/mol. The van der Waals surface area contributed by atoms with E-state index in [9.17, 15) is 0 Å². The first-order valence-corrected chi connectivity index (χ1v) is 5.11. The van der Waals surface area contributed by atoms with Gasteiger partial charge in [-0.2, -0.15) is 0 Å². The maximum absolute atomic E-state index is 3.37. The van der Waals surface area contributed by atoms with Gasteiger partial charge in [0, 0.05) is 18.3 Å². The summed E-state index contributed by atoms with van der Waals surface area (Å²) in [6, 6.07) is 12.6. The summed E-state index contributed by atoms with van der Waals surface area (Å²) in [6.45, 7) is 0.886. The van der Waals surface area contributed by atoms with Crippen molar-refractivity contribution in [3.63, 3.8) is 0 Å². The summed E-state index contributed by atoms with van der Waals surface area (Å²) < 4.78 is 0. The summed E-state index contributed by atoms with van der Waals surface area (Å²) in [5, 5.41) is 3.37. The van der Waals surface area contributed by atoms with Gasteiger partial charge in [-0.15, -0.1) is 0 Å². The van der Waals surface area contributed by atoms with Crippen LogP contribution >= 0.6 is 0 Å². The first-order valence-electron chi connectivity index (χ1n) is 5.11. The Morgan fingerprint density at radius 2 is 1.87 bits per heavy atom.